The lowest BCUT2D eigenvalue weighted by molar-refractivity contribution is -0.146. The molecule has 2 amide bonds. The smallest absolute Gasteiger partial charge is 0.264 e. The molecule has 186 valence electrons. The molecule has 3 aliphatic rings. The van der Waals surface area contributed by atoms with Gasteiger partial charge in [-0.2, -0.15) is 0 Å². The molecular weight excluding hydrogens is 468 g/mol. The minimum Gasteiger partial charge on any atom is -0.507 e. The van der Waals surface area contributed by atoms with E-state index in [0.29, 0.717) is 23.6 Å². The van der Waals surface area contributed by atoms with Crippen LogP contribution in [0.1, 0.15) is 17.5 Å². The van der Waals surface area contributed by atoms with E-state index in [1.165, 1.54) is 17.0 Å². The number of allylic oxidation sites excluding steroid dienone is 3. The topological polar surface area (TPSA) is 90.3 Å². The van der Waals surface area contributed by atoms with E-state index < -0.39 is 17.4 Å². The Morgan fingerprint density at radius 1 is 1.05 bits per heavy atom. The Morgan fingerprint density at radius 3 is 2.62 bits per heavy atom. The number of carbonyl (C=O) groups is 2. The Bertz CT molecular complexity index is 1480. The molecule has 0 radical (unpaired) electrons. The quantitative estimate of drug-likeness (QED) is 0.570. The number of likely N-dealkylation sites (tertiary alicyclic amines) is 1. The first-order valence-electron chi connectivity index (χ1n) is 12.2. The number of hydrogen-bond donors (Lipinski definition) is 2. The SMILES string of the molecule is CN1C(=O)COc2cc(C3(O)C(=O)N(Cc4ccccc4-c4ccccc4)C4=CC=CCC43)c(O)cc21. The number of aliphatic hydroxyl groups is 1. The van der Waals surface area contributed by atoms with E-state index in [2.05, 4.69) is 0 Å². The van der Waals surface area contributed by atoms with Crippen molar-refractivity contribution >= 4 is 17.5 Å². The number of phenols is 1. The van der Waals surface area contributed by atoms with Gasteiger partial charge in [0.15, 0.2) is 12.2 Å². The van der Waals surface area contributed by atoms with Crippen LogP contribution in [0.25, 0.3) is 11.1 Å². The van der Waals surface area contributed by atoms with Crippen LogP contribution in [0.2, 0.25) is 0 Å². The molecule has 37 heavy (non-hydrogen) atoms. The number of hydrogen-bond acceptors (Lipinski definition) is 5. The van der Waals surface area contributed by atoms with Crippen molar-refractivity contribution in [3.05, 3.63) is 102 Å². The summed E-state index contributed by atoms with van der Waals surface area (Å²) < 4.78 is 5.60. The van der Waals surface area contributed by atoms with Crippen molar-refractivity contribution in [1.29, 1.82) is 0 Å². The van der Waals surface area contributed by atoms with Gasteiger partial charge < -0.3 is 24.7 Å². The lowest BCUT2D eigenvalue weighted by Gasteiger charge is -2.31. The molecule has 2 unspecified atom stereocenters. The molecule has 1 aliphatic carbocycles. The summed E-state index contributed by atoms with van der Waals surface area (Å²) in [7, 11) is 1.59. The zero-order chi connectivity index (χ0) is 25.7. The fourth-order valence-corrected chi connectivity index (χ4v) is 5.56. The number of ether oxygens (including phenoxy) is 1. The van der Waals surface area contributed by atoms with Crippen LogP contribution < -0.4 is 9.64 Å². The molecule has 2 N–H and O–H groups in total. The van der Waals surface area contributed by atoms with Crippen LogP contribution in [-0.4, -0.2) is 40.6 Å². The van der Waals surface area contributed by atoms with Crippen LogP contribution in [0.5, 0.6) is 11.5 Å². The molecule has 7 heteroatoms. The maximum absolute atomic E-state index is 14.1. The highest BCUT2D eigenvalue weighted by atomic mass is 16.5. The van der Waals surface area contributed by atoms with Crippen molar-refractivity contribution in [2.24, 2.45) is 5.92 Å². The number of carbonyl (C=O) groups excluding carboxylic acids is 2. The highest BCUT2D eigenvalue weighted by Crippen LogP contribution is 2.52. The fraction of sp³-hybridized carbons (Fsp3) is 0.200. The minimum absolute atomic E-state index is 0.0732. The van der Waals surface area contributed by atoms with Crippen molar-refractivity contribution in [2.75, 3.05) is 18.6 Å². The van der Waals surface area contributed by atoms with Gasteiger partial charge in [0.05, 0.1) is 12.2 Å². The van der Waals surface area contributed by atoms with Crippen LogP contribution in [0, 0.1) is 5.92 Å². The standard InChI is InChI=1S/C30H26N2O5/c1-31-25-16-26(33)23(15-27(25)37-18-28(31)34)30(36)22-13-7-8-14-24(22)32(29(30)35)17-20-11-5-6-12-21(20)19-9-3-2-4-10-19/h2-12,14-16,22,33,36H,13,17-18H2,1H3. The molecule has 0 bridgehead atoms. The zero-order valence-electron chi connectivity index (χ0n) is 20.3. The lowest BCUT2D eigenvalue weighted by atomic mass is 9.78. The second-order valence-corrected chi connectivity index (χ2v) is 9.57. The second-order valence-electron chi connectivity index (χ2n) is 9.57. The van der Waals surface area contributed by atoms with Gasteiger partial charge in [0, 0.05) is 30.3 Å². The number of benzene rings is 3. The maximum Gasteiger partial charge on any atom is 0.264 e. The van der Waals surface area contributed by atoms with Crippen molar-refractivity contribution in [3.8, 4) is 22.6 Å². The van der Waals surface area contributed by atoms with Crippen molar-refractivity contribution in [3.63, 3.8) is 0 Å². The van der Waals surface area contributed by atoms with Crippen LogP contribution >= 0.6 is 0 Å². The normalized spacial score (nSPS) is 22.4. The fourth-order valence-electron chi connectivity index (χ4n) is 5.56. The molecule has 2 aliphatic heterocycles. The Labute approximate surface area is 214 Å². The first kappa shape index (κ1) is 23.1. The number of phenolic OH excluding ortho intramolecular Hbond substituents is 1. The Balaban J connectivity index is 1.43. The van der Waals surface area contributed by atoms with Gasteiger partial charge in [0.1, 0.15) is 11.5 Å². The average molecular weight is 495 g/mol. The molecule has 3 aromatic carbocycles. The van der Waals surface area contributed by atoms with Gasteiger partial charge >= 0.3 is 0 Å². The van der Waals surface area contributed by atoms with Gasteiger partial charge in [-0.1, -0.05) is 66.7 Å². The lowest BCUT2D eigenvalue weighted by Crippen LogP contribution is -2.41. The molecule has 0 aromatic heterocycles. The molecule has 0 spiro atoms. The van der Waals surface area contributed by atoms with Gasteiger partial charge in [0.25, 0.3) is 11.8 Å². The number of amides is 2. The van der Waals surface area contributed by atoms with Crippen LogP contribution in [0.4, 0.5) is 5.69 Å². The number of rotatable bonds is 4. The third-order valence-corrected chi connectivity index (χ3v) is 7.52. The second kappa shape index (κ2) is 8.64. The number of anilines is 1. The Morgan fingerprint density at radius 2 is 1.81 bits per heavy atom. The molecule has 3 aromatic rings. The molecule has 2 atom stereocenters. The predicted octanol–water partition coefficient (Wildman–Crippen LogP) is 4.10. The predicted molar refractivity (Wildman–Crippen MR) is 139 cm³/mol. The van der Waals surface area contributed by atoms with Crippen molar-refractivity contribution < 1.29 is 24.5 Å². The summed E-state index contributed by atoms with van der Waals surface area (Å²) in [6, 6.07) is 20.7. The summed E-state index contributed by atoms with van der Waals surface area (Å²) in [5, 5.41) is 23.1. The molecule has 2 heterocycles. The third-order valence-electron chi connectivity index (χ3n) is 7.52. The Hall–Kier alpha value is -4.36. The number of fused-ring (bicyclic) bond motifs is 2. The monoisotopic (exact) mass is 494 g/mol. The average Bonchev–Trinajstić information content (AvgIpc) is 3.14. The van der Waals surface area contributed by atoms with Crippen molar-refractivity contribution in [2.45, 2.75) is 18.6 Å². The van der Waals surface area contributed by atoms with Gasteiger partial charge in [-0.25, -0.2) is 0 Å². The summed E-state index contributed by atoms with van der Waals surface area (Å²) in [4.78, 5) is 29.1. The molecule has 7 nitrogen and oxygen atoms in total. The molecule has 0 saturated carbocycles. The van der Waals surface area contributed by atoms with Crippen LogP contribution in [0.15, 0.2) is 90.7 Å². The zero-order valence-corrected chi connectivity index (χ0v) is 20.3. The molecule has 1 saturated heterocycles. The summed E-state index contributed by atoms with van der Waals surface area (Å²) in [6.45, 7) is 0.113. The number of aromatic hydroxyl groups is 1. The van der Waals surface area contributed by atoms with Gasteiger partial charge in [0.2, 0.25) is 0 Å². The first-order chi connectivity index (χ1) is 17.9. The molecule has 6 rings (SSSR count). The number of likely N-dealkylation sites (N-methyl/N-ethyl adjacent to an activating group) is 1. The summed E-state index contributed by atoms with van der Waals surface area (Å²) in [5.74, 6) is -1.27. The van der Waals surface area contributed by atoms with Crippen LogP contribution in [0.3, 0.4) is 0 Å². The maximum atomic E-state index is 14.1. The van der Waals surface area contributed by atoms with Gasteiger partial charge in [-0.15, -0.1) is 0 Å². The largest absolute Gasteiger partial charge is 0.507 e. The summed E-state index contributed by atoms with van der Waals surface area (Å²) >= 11 is 0. The highest BCUT2D eigenvalue weighted by Gasteiger charge is 2.58. The Kier molecular flexibility index (Phi) is 5.38. The summed E-state index contributed by atoms with van der Waals surface area (Å²) in [6.07, 6.45) is 6.08. The number of nitrogens with zero attached hydrogens (tertiary/aromatic N) is 2. The molecular formula is C30H26N2O5. The summed E-state index contributed by atoms with van der Waals surface area (Å²) in [5.41, 5.74) is 2.15. The van der Waals surface area contributed by atoms with E-state index >= 15 is 0 Å². The van der Waals surface area contributed by atoms with E-state index in [-0.39, 0.29) is 30.4 Å². The third kappa shape index (κ3) is 3.54. The van der Waals surface area contributed by atoms with E-state index in [1.807, 2.05) is 72.8 Å². The van der Waals surface area contributed by atoms with E-state index in [1.54, 1.807) is 11.9 Å². The van der Waals surface area contributed by atoms with Crippen LogP contribution in [-0.2, 0) is 21.7 Å². The van der Waals surface area contributed by atoms with Gasteiger partial charge in [-0.3, -0.25) is 9.59 Å². The van der Waals surface area contributed by atoms with E-state index in [0.717, 1.165) is 16.7 Å². The van der Waals surface area contributed by atoms with Gasteiger partial charge in [-0.05, 0) is 35.3 Å². The van der Waals surface area contributed by atoms with Crippen molar-refractivity contribution in [1.82, 2.24) is 4.90 Å². The van der Waals surface area contributed by atoms with E-state index in [9.17, 15) is 19.8 Å². The highest BCUT2D eigenvalue weighted by molar-refractivity contribution is 5.99. The molecule has 1 fully saturated rings. The minimum atomic E-state index is -2.00. The van der Waals surface area contributed by atoms with E-state index in [4.69, 9.17) is 4.74 Å². The first-order valence-corrected chi connectivity index (χ1v) is 12.2.